The summed E-state index contributed by atoms with van der Waals surface area (Å²) in [5, 5.41) is 3.19. The first-order valence-electron chi connectivity index (χ1n) is 6.04. The lowest BCUT2D eigenvalue weighted by atomic mass is 10.2. The maximum atomic E-state index is 11.9. The highest BCUT2D eigenvalue weighted by molar-refractivity contribution is 5.27. The molecule has 0 aliphatic heterocycles. The molecule has 0 spiro atoms. The van der Waals surface area contributed by atoms with E-state index in [9.17, 15) is 8.78 Å². The van der Waals surface area contributed by atoms with Crippen molar-refractivity contribution in [3.8, 4) is 5.75 Å². The Morgan fingerprint density at radius 1 is 1.32 bits per heavy atom. The van der Waals surface area contributed by atoms with E-state index in [0.717, 1.165) is 17.7 Å². The van der Waals surface area contributed by atoms with Gasteiger partial charge < -0.3 is 14.8 Å². The second kappa shape index (κ2) is 8.61. The zero-order valence-corrected chi connectivity index (χ0v) is 11.0. The molecule has 1 aromatic carbocycles. The van der Waals surface area contributed by atoms with E-state index in [1.807, 2.05) is 6.92 Å². The van der Waals surface area contributed by atoms with Gasteiger partial charge >= 0.3 is 6.61 Å². The minimum absolute atomic E-state index is 0.170. The first kappa shape index (κ1) is 15.6. The number of ether oxygens (including phenoxy) is 2. The first-order chi connectivity index (χ1) is 9.08. The van der Waals surface area contributed by atoms with Crippen molar-refractivity contribution in [2.75, 3.05) is 19.8 Å². The molecule has 19 heavy (non-hydrogen) atoms. The second-order valence-electron chi connectivity index (χ2n) is 4.21. The van der Waals surface area contributed by atoms with Gasteiger partial charge in [0.15, 0.2) is 0 Å². The number of benzene rings is 1. The predicted molar refractivity (Wildman–Crippen MR) is 70.4 cm³/mol. The number of alkyl halides is 2. The van der Waals surface area contributed by atoms with Crippen LogP contribution in [0.5, 0.6) is 5.75 Å². The molecule has 5 heteroatoms. The summed E-state index contributed by atoms with van der Waals surface area (Å²) < 4.78 is 33.5. The third-order valence-electron chi connectivity index (χ3n) is 2.25. The van der Waals surface area contributed by atoms with Crippen LogP contribution in [0, 0.1) is 0 Å². The zero-order valence-electron chi connectivity index (χ0n) is 11.0. The maximum Gasteiger partial charge on any atom is 0.387 e. The van der Waals surface area contributed by atoms with Crippen molar-refractivity contribution < 1.29 is 18.3 Å². The minimum atomic E-state index is -2.78. The van der Waals surface area contributed by atoms with Crippen molar-refractivity contribution in [2.24, 2.45) is 0 Å². The van der Waals surface area contributed by atoms with Gasteiger partial charge in [0, 0.05) is 13.1 Å². The third-order valence-corrected chi connectivity index (χ3v) is 2.25. The number of hydrogen-bond donors (Lipinski definition) is 1. The summed E-state index contributed by atoms with van der Waals surface area (Å²) in [5.41, 5.74) is 2.00. The van der Waals surface area contributed by atoms with Gasteiger partial charge in [-0.1, -0.05) is 24.3 Å². The van der Waals surface area contributed by atoms with Gasteiger partial charge in [-0.2, -0.15) is 8.78 Å². The average Bonchev–Trinajstić information content (AvgIpc) is 2.34. The topological polar surface area (TPSA) is 30.5 Å². The quantitative estimate of drug-likeness (QED) is 0.553. The summed E-state index contributed by atoms with van der Waals surface area (Å²) in [4.78, 5) is 0. The number of rotatable bonds is 9. The van der Waals surface area contributed by atoms with Crippen molar-refractivity contribution in [1.82, 2.24) is 5.32 Å². The molecule has 1 rings (SSSR count). The van der Waals surface area contributed by atoms with Crippen molar-refractivity contribution in [1.29, 1.82) is 0 Å². The van der Waals surface area contributed by atoms with Crippen LogP contribution in [0.25, 0.3) is 0 Å². The van der Waals surface area contributed by atoms with Gasteiger partial charge in [0.1, 0.15) is 5.75 Å². The van der Waals surface area contributed by atoms with Gasteiger partial charge in [0.05, 0.1) is 13.2 Å². The molecule has 0 aliphatic carbocycles. The summed E-state index contributed by atoms with van der Waals surface area (Å²) >= 11 is 0. The second-order valence-corrected chi connectivity index (χ2v) is 4.21. The Balaban J connectivity index is 2.17. The molecule has 0 bridgehead atoms. The highest BCUT2D eigenvalue weighted by Gasteiger charge is 2.03. The predicted octanol–water partition coefficient (Wildman–Crippen LogP) is 2.97. The van der Waals surface area contributed by atoms with E-state index in [2.05, 4.69) is 16.6 Å². The number of nitrogens with one attached hydrogen (secondary N) is 1. The molecule has 106 valence electrons. The van der Waals surface area contributed by atoms with Crippen LogP contribution in [-0.4, -0.2) is 26.4 Å². The summed E-state index contributed by atoms with van der Waals surface area (Å²) in [6, 6.07) is 6.56. The Labute approximate surface area is 112 Å². The van der Waals surface area contributed by atoms with Gasteiger partial charge in [-0.05, 0) is 24.6 Å². The summed E-state index contributed by atoms with van der Waals surface area (Å²) in [6.07, 6.45) is 0. The van der Waals surface area contributed by atoms with Crippen molar-refractivity contribution in [2.45, 2.75) is 20.1 Å². The van der Waals surface area contributed by atoms with Crippen LogP contribution in [0.1, 0.15) is 12.5 Å². The molecule has 0 saturated carbocycles. The normalized spacial score (nSPS) is 10.7. The molecular formula is C14H19F2NO2. The maximum absolute atomic E-state index is 11.9. The van der Waals surface area contributed by atoms with Gasteiger partial charge in [-0.3, -0.25) is 0 Å². The highest BCUT2D eigenvalue weighted by Crippen LogP contribution is 2.14. The van der Waals surface area contributed by atoms with Gasteiger partial charge in [-0.15, -0.1) is 0 Å². The molecular weight excluding hydrogens is 252 g/mol. The Morgan fingerprint density at radius 2 is 2.00 bits per heavy atom. The molecule has 0 heterocycles. The Morgan fingerprint density at radius 3 is 2.58 bits per heavy atom. The van der Waals surface area contributed by atoms with Crippen molar-refractivity contribution in [3.05, 3.63) is 42.0 Å². The van der Waals surface area contributed by atoms with Crippen LogP contribution >= 0.6 is 0 Å². The van der Waals surface area contributed by atoms with Crippen LogP contribution in [0.4, 0.5) is 8.78 Å². The molecule has 1 aromatic rings. The van der Waals surface area contributed by atoms with Crippen LogP contribution in [0.3, 0.4) is 0 Å². The number of hydrogen-bond acceptors (Lipinski definition) is 3. The van der Waals surface area contributed by atoms with Crippen molar-refractivity contribution in [3.63, 3.8) is 0 Å². The van der Waals surface area contributed by atoms with E-state index in [0.29, 0.717) is 19.8 Å². The molecule has 0 fully saturated rings. The summed E-state index contributed by atoms with van der Waals surface area (Å²) in [6.45, 7) is 5.43. The largest absolute Gasteiger partial charge is 0.435 e. The molecule has 0 radical (unpaired) electrons. The highest BCUT2D eigenvalue weighted by atomic mass is 19.3. The Hall–Kier alpha value is -1.46. The monoisotopic (exact) mass is 271 g/mol. The SMILES string of the molecule is C=C(C)COCCNCc1ccc(OC(F)F)cc1. The molecule has 0 aromatic heterocycles. The van der Waals surface area contributed by atoms with Crippen LogP contribution in [-0.2, 0) is 11.3 Å². The molecule has 0 atom stereocenters. The minimum Gasteiger partial charge on any atom is -0.435 e. The molecule has 3 nitrogen and oxygen atoms in total. The molecule has 0 amide bonds. The fourth-order valence-corrected chi connectivity index (χ4v) is 1.41. The molecule has 1 N–H and O–H groups in total. The fraction of sp³-hybridized carbons (Fsp3) is 0.429. The lowest BCUT2D eigenvalue weighted by Crippen LogP contribution is -2.19. The Bertz CT molecular complexity index is 380. The van der Waals surface area contributed by atoms with Gasteiger partial charge in [-0.25, -0.2) is 0 Å². The van der Waals surface area contributed by atoms with Crippen molar-refractivity contribution >= 4 is 0 Å². The van der Waals surface area contributed by atoms with Crippen LogP contribution < -0.4 is 10.1 Å². The summed E-state index contributed by atoms with van der Waals surface area (Å²) in [5.74, 6) is 0.170. The van der Waals surface area contributed by atoms with Crippen LogP contribution in [0.2, 0.25) is 0 Å². The van der Waals surface area contributed by atoms with E-state index in [1.165, 1.54) is 12.1 Å². The van der Waals surface area contributed by atoms with E-state index in [-0.39, 0.29) is 5.75 Å². The van der Waals surface area contributed by atoms with E-state index < -0.39 is 6.61 Å². The lowest BCUT2D eigenvalue weighted by molar-refractivity contribution is -0.0498. The zero-order chi connectivity index (χ0) is 14.1. The van der Waals surface area contributed by atoms with E-state index in [4.69, 9.17) is 4.74 Å². The average molecular weight is 271 g/mol. The van der Waals surface area contributed by atoms with Gasteiger partial charge in [0.2, 0.25) is 0 Å². The molecule has 0 saturated heterocycles. The standard InChI is InChI=1S/C14H19F2NO2/c1-11(2)10-18-8-7-17-9-12-3-5-13(6-4-12)19-14(15)16/h3-6,14,17H,1,7-10H2,2H3. The first-order valence-corrected chi connectivity index (χ1v) is 6.04. The van der Waals surface area contributed by atoms with E-state index >= 15 is 0 Å². The van der Waals surface area contributed by atoms with Crippen LogP contribution in [0.15, 0.2) is 36.4 Å². The third kappa shape index (κ3) is 7.54. The fourth-order valence-electron chi connectivity index (χ4n) is 1.41. The van der Waals surface area contributed by atoms with E-state index in [1.54, 1.807) is 12.1 Å². The molecule has 0 aliphatic rings. The smallest absolute Gasteiger partial charge is 0.387 e. The lowest BCUT2D eigenvalue weighted by Gasteiger charge is -2.08. The Kier molecular flexibility index (Phi) is 7.07. The van der Waals surface area contributed by atoms with Gasteiger partial charge in [0.25, 0.3) is 0 Å². The summed E-state index contributed by atoms with van der Waals surface area (Å²) in [7, 11) is 0. The molecule has 0 unspecified atom stereocenters. The number of halogens is 2.